The monoisotopic (exact) mass is 302 g/mol. The first-order valence-electron chi connectivity index (χ1n) is 6.11. The van der Waals surface area contributed by atoms with Crippen molar-refractivity contribution in [3.63, 3.8) is 0 Å². The molecule has 19 heavy (non-hydrogen) atoms. The third-order valence-electron chi connectivity index (χ3n) is 3.59. The molecule has 0 unspecified atom stereocenters. The normalized spacial score (nSPS) is 20.6. The maximum Gasteiger partial charge on any atom is 0.516 e. The maximum absolute atomic E-state index is 5.92. The predicted octanol–water partition coefficient (Wildman–Crippen LogP) is 2.50. The number of aromatic nitrogens is 2. The number of rotatable bonds is 3. The van der Waals surface area contributed by atoms with Crippen molar-refractivity contribution in [1.82, 2.24) is 9.78 Å². The van der Waals surface area contributed by atoms with Gasteiger partial charge in [-0.2, -0.15) is 5.10 Å². The fourth-order valence-corrected chi connectivity index (χ4v) is 1.87. The van der Waals surface area contributed by atoms with Gasteiger partial charge in [0.15, 0.2) is 0 Å². The number of hydrogen-bond acceptors (Lipinski definition) is 3. The summed E-state index contributed by atoms with van der Waals surface area (Å²) in [5, 5.41) is 4.40. The summed E-state index contributed by atoms with van der Waals surface area (Å²) in [7, 11) is -0.443. The minimum atomic E-state index is -0.443. The molecule has 7 heteroatoms. The van der Waals surface area contributed by atoms with Gasteiger partial charge in [-0.25, -0.2) is 0 Å². The van der Waals surface area contributed by atoms with Crippen molar-refractivity contribution < 1.29 is 9.31 Å². The molecule has 2 heterocycles. The lowest BCUT2D eigenvalue weighted by Gasteiger charge is -2.32. The minimum absolute atomic E-state index is 0.229. The van der Waals surface area contributed by atoms with E-state index >= 15 is 0 Å². The molecule has 0 bridgehead atoms. The Morgan fingerprint density at radius 1 is 1.32 bits per heavy atom. The third-order valence-corrected chi connectivity index (χ3v) is 3.90. The van der Waals surface area contributed by atoms with Crippen LogP contribution in [-0.2, 0) is 15.9 Å². The van der Waals surface area contributed by atoms with Gasteiger partial charge in [0.05, 0.1) is 23.3 Å². The third kappa shape index (κ3) is 3.16. The highest BCUT2D eigenvalue weighted by Crippen LogP contribution is 2.36. The van der Waals surface area contributed by atoms with Crippen LogP contribution < -0.4 is 5.59 Å². The maximum atomic E-state index is 5.92. The van der Waals surface area contributed by atoms with E-state index in [4.69, 9.17) is 32.5 Å². The van der Waals surface area contributed by atoms with Crippen molar-refractivity contribution in [2.24, 2.45) is 0 Å². The van der Waals surface area contributed by atoms with Crippen molar-refractivity contribution in [2.75, 3.05) is 0 Å². The largest absolute Gasteiger partial charge is 0.516 e. The van der Waals surface area contributed by atoms with Gasteiger partial charge >= 0.3 is 7.12 Å². The van der Waals surface area contributed by atoms with E-state index in [1.165, 1.54) is 0 Å². The molecule has 1 aromatic heterocycles. The van der Waals surface area contributed by atoms with Crippen molar-refractivity contribution >= 4 is 35.9 Å². The standard InChI is InChI=1S/C12H17BCl2N2O2/c1-11(2)12(3,4)19-13(18-11)9-5-7-17(16-9)8-6-10(14)15/h5-7H,8H2,1-4H3. The van der Waals surface area contributed by atoms with Gasteiger partial charge in [-0.3, -0.25) is 4.68 Å². The Labute approximate surface area is 123 Å². The number of allylic oxidation sites excluding steroid dienone is 1. The second-order valence-corrected chi connectivity index (χ2v) is 6.55. The van der Waals surface area contributed by atoms with Gasteiger partial charge in [0, 0.05) is 6.20 Å². The zero-order chi connectivity index (χ0) is 14.3. The Hall–Kier alpha value is -0.485. The van der Waals surface area contributed by atoms with Crippen molar-refractivity contribution in [3.05, 3.63) is 22.8 Å². The number of hydrogen-bond donors (Lipinski definition) is 0. The molecule has 0 aromatic carbocycles. The molecule has 1 aliphatic heterocycles. The molecule has 1 fully saturated rings. The van der Waals surface area contributed by atoms with Gasteiger partial charge in [0.25, 0.3) is 0 Å². The molecule has 1 saturated heterocycles. The highest BCUT2D eigenvalue weighted by atomic mass is 35.5. The molecule has 0 aliphatic carbocycles. The van der Waals surface area contributed by atoms with Gasteiger partial charge in [0.1, 0.15) is 4.49 Å². The molecule has 0 amide bonds. The fourth-order valence-electron chi connectivity index (χ4n) is 1.73. The quantitative estimate of drug-likeness (QED) is 0.805. The highest BCUT2D eigenvalue weighted by Gasteiger charge is 2.52. The lowest BCUT2D eigenvalue weighted by molar-refractivity contribution is 0.00578. The summed E-state index contributed by atoms with van der Waals surface area (Å²) in [4.78, 5) is 0. The van der Waals surface area contributed by atoms with Gasteiger partial charge in [-0.1, -0.05) is 23.2 Å². The molecule has 0 radical (unpaired) electrons. The van der Waals surface area contributed by atoms with E-state index in [1.54, 1.807) is 10.8 Å². The van der Waals surface area contributed by atoms with Crippen molar-refractivity contribution in [1.29, 1.82) is 0 Å². The lowest BCUT2D eigenvalue weighted by Crippen LogP contribution is -2.41. The van der Waals surface area contributed by atoms with E-state index in [9.17, 15) is 0 Å². The number of nitrogens with zero attached hydrogens (tertiary/aromatic N) is 2. The van der Waals surface area contributed by atoms with Crippen LogP contribution in [0.5, 0.6) is 0 Å². The zero-order valence-electron chi connectivity index (χ0n) is 11.5. The summed E-state index contributed by atoms with van der Waals surface area (Å²) in [6.45, 7) is 8.57. The van der Waals surface area contributed by atoms with Gasteiger partial charge < -0.3 is 9.31 Å². The molecular weight excluding hydrogens is 286 g/mol. The van der Waals surface area contributed by atoms with Crippen LogP contribution in [0.1, 0.15) is 27.7 Å². The fraction of sp³-hybridized carbons (Fsp3) is 0.583. The van der Waals surface area contributed by atoms with Crippen molar-refractivity contribution in [2.45, 2.75) is 45.4 Å². The first-order chi connectivity index (χ1) is 8.71. The molecule has 0 atom stereocenters. The van der Waals surface area contributed by atoms with E-state index < -0.39 is 7.12 Å². The summed E-state index contributed by atoms with van der Waals surface area (Å²) < 4.78 is 13.8. The van der Waals surface area contributed by atoms with Crippen molar-refractivity contribution in [3.8, 4) is 0 Å². The first kappa shape index (κ1) is 14.9. The highest BCUT2D eigenvalue weighted by molar-refractivity contribution is 6.61. The Bertz CT molecular complexity index is 480. The second-order valence-electron chi connectivity index (χ2n) is 5.54. The molecule has 0 saturated carbocycles. The average molecular weight is 303 g/mol. The Kier molecular flexibility index (Phi) is 4.03. The molecular formula is C12H17BCl2N2O2. The van der Waals surface area contributed by atoms with E-state index in [-0.39, 0.29) is 15.7 Å². The van der Waals surface area contributed by atoms with Crippen LogP contribution in [0, 0.1) is 0 Å². The predicted molar refractivity (Wildman–Crippen MR) is 77.7 cm³/mol. The average Bonchev–Trinajstić information content (AvgIpc) is 2.79. The minimum Gasteiger partial charge on any atom is -0.398 e. The zero-order valence-corrected chi connectivity index (χ0v) is 13.0. The van der Waals surface area contributed by atoms with Gasteiger partial charge in [-0.15, -0.1) is 0 Å². The summed E-state index contributed by atoms with van der Waals surface area (Å²) in [5.74, 6) is 0. The Morgan fingerprint density at radius 3 is 2.42 bits per heavy atom. The van der Waals surface area contributed by atoms with Gasteiger partial charge in [-0.05, 0) is 39.8 Å². The number of halogens is 2. The second kappa shape index (κ2) is 5.13. The van der Waals surface area contributed by atoms with E-state index in [0.717, 1.165) is 5.59 Å². The summed E-state index contributed by atoms with van der Waals surface area (Å²) in [6, 6.07) is 1.87. The summed E-state index contributed by atoms with van der Waals surface area (Å²) >= 11 is 11.1. The summed E-state index contributed by atoms with van der Waals surface area (Å²) in [5.41, 5.74) is 0.0273. The van der Waals surface area contributed by atoms with E-state index in [2.05, 4.69) is 5.10 Å². The molecule has 2 rings (SSSR count). The van der Waals surface area contributed by atoms with E-state index in [1.807, 2.05) is 40.0 Å². The molecule has 0 spiro atoms. The molecule has 1 aromatic rings. The molecule has 4 nitrogen and oxygen atoms in total. The van der Waals surface area contributed by atoms with Crippen LogP contribution in [0.3, 0.4) is 0 Å². The first-order valence-corrected chi connectivity index (χ1v) is 6.87. The molecule has 1 aliphatic rings. The summed E-state index contributed by atoms with van der Waals surface area (Å²) in [6.07, 6.45) is 3.51. The Balaban J connectivity index is 2.11. The topological polar surface area (TPSA) is 36.3 Å². The molecule has 0 N–H and O–H groups in total. The van der Waals surface area contributed by atoms with Gasteiger partial charge in [0.2, 0.25) is 0 Å². The van der Waals surface area contributed by atoms with Crippen LogP contribution in [0.2, 0.25) is 0 Å². The van der Waals surface area contributed by atoms with Crippen LogP contribution >= 0.6 is 23.2 Å². The Morgan fingerprint density at radius 2 is 1.89 bits per heavy atom. The smallest absolute Gasteiger partial charge is 0.398 e. The van der Waals surface area contributed by atoms with Crippen LogP contribution in [0.4, 0.5) is 0 Å². The van der Waals surface area contributed by atoms with E-state index in [0.29, 0.717) is 6.54 Å². The lowest BCUT2D eigenvalue weighted by atomic mass is 9.85. The van der Waals surface area contributed by atoms with Crippen LogP contribution in [-0.4, -0.2) is 28.1 Å². The molecule has 104 valence electrons. The SMILES string of the molecule is CC1(C)OB(c2ccn(CC=C(Cl)Cl)n2)OC1(C)C. The van der Waals surface area contributed by atoms with Crippen LogP contribution in [0.25, 0.3) is 0 Å². The van der Waals surface area contributed by atoms with Crippen LogP contribution in [0.15, 0.2) is 22.8 Å².